The molecular formula is C19H20. The minimum Gasteiger partial charge on any atom is -0.0716 e. The normalized spacial score (nSPS) is 14.2. The number of hydrogen-bond acceptors (Lipinski definition) is 0. The van der Waals surface area contributed by atoms with Crippen LogP contribution in [0.1, 0.15) is 43.0 Å². The highest BCUT2D eigenvalue weighted by atomic mass is 14.2. The highest BCUT2D eigenvalue weighted by Gasteiger charge is 2.16. The zero-order valence-corrected chi connectivity index (χ0v) is 11.9. The van der Waals surface area contributed by atoms with Crippen LogP contribution in [0.3, 0.4) is 0 Å². The van der Waals surface area contributed by atoms with Crippen LogP contribution >= 0.6 is 0 Å². The molecule has 0 fully saturated rings. The van der Waals surface area contributed by atoms with Gasteiger partial charge in [-0.3, -0.25) is 0 Å². The van der Waals surface area contributed by atoms with Crippen LogP contribution in [0.5, 0.6) is 0 Å². The van der Waals surface area contributed by atoms with E-state index < -0.39 is 0 Å². The van der Waals surface area contributed by atoms with E-state index in [0.29, 0.717) is 0 Å². The Morgan fingerprint density at radius 3 is 2.21 bits per heavy atom. The second-order valence-corrected chi connectivity index (χ2v) is 6.31. The second-order valence-electron chi connectivity index (χ2n) is 6.31. The summed E-state index contributed by atoms with van der Waals surface area (Å²) in [7, 11) is 0. The first-order chi connectivity index (χ1) is 9.05. The van der Waals surface area contributed by atoms with Gasteiger partial charge in [-0.25, -0.2) is 0 Å². The van der Waals surface area contributed by atoms with Crippen LogP contribution in [0, 0.1) is 0 Å². The Morgan fingerprint density at radius 2 is 1.53 bits per heavy atom. The Labute approximate surface area is 115 Å². The summed E-state index contributed by atoms with van der Waals surface area (Å²) in [6.07, 6.45) is 3.41. The van der Waals surface area contributed by atoms with E-state index in [0.717, 1.165) is 6.42 Å². The Balaban J connectivity index is 1.97. The number of hydrogen-bond donors (Lipinski definition) is 0. The molecule has 0 heterocycles. The maximum absolute atomic E-state index is 2.34. The minimum absolute atomic E-state index is 0.223. The van der Waals surface area contributed by atoms with E-state index in [4.69, 9.17) is 0 Å². The molecule has 0 saturated heterocycles. The summed E-state index contributed by atoms with van der Waals surface area (Å²) < 4.78 is 0. The molecule has 0 bridgehead atoms. The highest BCUT2D eigenvalue weighted by molar-refractivity contribution is 5.84. The van der Waals surface area contributed by atoms with Crippen molar-refractivity contribution in [3.8, 4) is 0 Å². The SMILES string of the molecule is CC(C)(C)c1ccc(C2=CCc3ccccc32)cc1. The fourth-order valence-corrected chi connectivity index (χ4v) is 2.71. The molecule has 3 rings (SSSR count). The smallest absolute Gasteiger partial charge is 0.00819 e. The van der Waals surface area contributed by atoms with Crippen molar-refractivity contribution in [2.45, 2.75) is 32.6 Å². The maximum Gasteiger partial charge on any atom is -0.00819 e. The lowest BCUT2D eigenvalue weighted by atomic mass is 9.86. The lowest BCUT2D eigenvalue weighted by molar-refractivity contribution is 0.590. The van der Waals surface area contributed by atoms with Gasteiger partial charge in [0.05, 0.1) is 0 Å². The highest BCUT2D eigenvalue weighted by Crippen LogP contribution is 2.33. The molecule has 0 unspecified atom stereocenters. The predicted molar refractivity (Wildman–Crippen MR) is 82.4 cm³/mol. The third kappa shape index (κ3) is 2.23. The van der Waals surface area contributed by atoms with Crippen LogP contribution in [-0.4, -0.2) is 0 Å². The van der Waals surface area contributed by atoms with Crippen molar-refractivity contribution in [2.75, 3.05) is 0 Å². The quantitative estimate of drug-likeness (QED) is 0.668. The van der Waals surface area contributed by atoms with Gasteiger partial charge in [0, 0.05) is 0 Å². The standard InChI is InChI=1S/C19H20/c1-19(2,3)16-11-8-15(9-12-16)18-13-10-14-6-4-5-7-17(14)18/h4-9,11-13H,10H2,1-3H3. The second kappa shape index (κ2) is 4.38. The Bertz CT molecular complexity index is 622. The first kappa shape index (κ1) is 12.2. The minimum atomic E-state index is 0.223. The zero-order valence-electron chi connectivity index (χ0n) is 11.9. The zero-order chi connectivity index (χ0) is 13.5. The van der Waals surface area contributed by atoms with Crippen LogP contribution < -0.4 is 0 Å². The molecule has 1 aliphatic carbocycles. The Kier molecular flexibility index (Phi) is 2.82. The molecular weight excluding hydrogens is 228 g/mol. The summed E-state index contributed by atoms with van der Waals surface area (Å²) >= 11 is 0. The Hall–Kier alpha value is -1.82. The molecule has 0 amide bonds. The summed E-state index contributed by atoms with van der Waals surface area (Å²) in [5.41, 5.74) is 7.17. The largest absolute Gasteiger partial charge is 0.0716 e. The molecule has 0 N–H and O–H groups in total. The molecule has 19 heavy (non-hydrogen) atoms. The monoisotopic (exact) mass is 248 g/mol. The first-order valence-corrected chi connectivity index (χ1v) is 6.95. The number of allylic oxidation sites excluding steroid dienone is 1. The number of benzene rings is 2. The molecule has 0 spiro atoms. The van der Waals surface area contributed by atoms with Gasteiger partial charge in [0.15, 0.2) is 0 Å². The van der Waals surface area contributed by atoms with E-state index in [-0.39, 0.29) is 5.41 Å². The van der Waals surface area contributed by atoms with E-state index in [2.05, 4.69) is 75.4 Å². The van der Waals surface area contributed by atoms with Crippen LogP contribution in [0.25, 0.3) is 5.57 Å². The molecule has 0 radical (unpaired) electrons. The van der Waals surface area contributed by atoms with Crippen molar-refractivity contribution >= 4 is 5.57 Å². The van der Waals surface area contributed by atoms with Crippen LogP contribution in [-0.2, 0) is 11.8 Å². The average molecular weight is 248 g/mol. The van der Waals surface area contributed by atoms with Crippen LogP contribution in [0.4, 0.5) is 0 Å². The van der Waals surface area contributed by atoms with E-state index >= 15 is 0 Å². The third-order valence-corrected chi connectivity index (χ3v) is 3.90. The van der Waals surface area contributed by atoms with Gasteiger partial charge < -0.3 is 0 Å². The molecule has 0 aliphatic heterocycles. The predicted octanol–water partition coefficient (Wildman–Crippen LogP) is 4.97. The summed E-state index contributed by atoms with van der Waals surface area (Å²) in [6, 6.07) is 17.7. The number of fused-ring (bicyclic) bond motifs is 1. The van der Waals surface area contributed by atoms with Crippen LogP contribution in [0.15, 0.2) is 54.6 Å². The van der Waals surface area contributed by atoms with Gasteiger partial charge in [-0.2, -0.15) is 0 Å². The van der Waals surface area contributed by atoms with Crippen molar-refractivity contribution in [3.63, 3.8) is 0 Å². The van der Waals surface area contributed by atoms with Crippen molar-refractivity contribution < 1.29 is 0 Å². The van der Waals surface area contributed by atoms with Gasteiger partial charge in [-0.05, 0) is 39.7 Å². The van der Waals surface area contributed by atoms with Crippen LogP contribution in [0.2, 0.25) is 0 Å². The van der Waals surface area contributed by atoms with Crippen molar-refractivity contribution in [1.29, 1.82) is 0 Å². The summed E-state index contributed by atoms with van der Waals surface area (Å²) in [5.74, 6) is 0. The van der Waals surface area contributed by atoms with Crippen molar-refractivity contribution in [3.05, 3.63) is 76.9 Å². The van der Waals surface area contributed by atoms with Gasteiger partial charge in [-0.1, -0.05) is 75.4 Å². The van der Waals surface area contributed by atoms with Crippen molar-refractivity contribution in [1.82, 2.24) is 0 Å². The molecule has 1 aliphatic rings. The fourth-order valence-electron chi connectivity index (χ4n) is 2.71. The fraction of sp³-hybridized carbons (Fsp3) is 0.263. The van der Waals surface area contributed by atoms with Crippen molar-refractivity contribution in [2.24, 2.45) is 0 Å². The van der Waals surface area contributed by atoms with Gasteiger partial charge in [0.1, 0.15) is 0 Å². The summed E-state index contributed by atoms with van der Waals surface area (Å²) in [4.78, 5) is 0. The Morgan fingerprint density at radius 1 is 0.842 bits per heavy atom. The van der Waals surface area contributed by atoms with Gasteiger partial charge >= 0.3 is 0 Å². The number of rotatable bonds is 1. The molecule has 0 nitrogen and oxygen atoms in total. The lowest BCUT2D eigenvalue weighted by Gasteiger charge is -2.19. The van der Waals surface area contributed by atoms with Gasteiger partial charge in [0.2, 0.25) is 0 Å². The molecule has 2 aromatic carbocycles. The first-order valence-electron chi connectivity index (χ1n) is 6.95. The summed E-state index contributed by atoms with van der Waals surface area (Å²) in [6.45, 7) is 6.77. The molecule has 96 valence electrons. The van der Waals surface area contributed by atoms with E-state index in [1.165, 1.54) is 27.8 Å². The van der Waals surface area contributed by atoms with Gasteiger partial charge in [-0.15, -0.1) is 0 Å². The lowest BCUT2D eigenvalue weighted by Crippen LogP contribution is -2.10. The average Bonchev–Trinajstić information content (AvgIpc) is 2.82. The van der Waals surface area contributed by atoms with E-state index in [1.54, 1.807) is 0 Å². The molecule has 0 aromatic heterocycles. The summed E-state index contributed by atoms with van der Waals surface area (Å²) in [5, 5.41) is 0. The molecule has 0 saturated carbocycles. The molecule has 2 aromatic rings. The molecule has 0 atom stereocenters. The van der Waals surface area contributed by atoms with E-state index in [1.807, 2.05) is 0 Å². The third-order valence-electron chi connectivity index (χ3n) is 3.90. The maximum atomic E-state index is 2.34. The van der Waals surface area contributed by atoms with Gasteiger partial charge in [0.25, 0.3) is 0 Å². The molecule has 0 heteroatoms. The topological polar surface area (TPSA) is 0 Å². The van der Waals surface area contributed by atoms with E-state index in [9.17, 15) is 0 Å².